The number of ether oxygens (including phenoxy) is 2. The molecule has 34 heavy (non-hydrogen) atoms. The zero-order valence-electron chi connectivity index (χ0n) is 19.0. The van der Waals surface area contributed by atoms with Gasteiger partial charge in [-0.3, -0.25) is 9.59 Å². The molecule has 2 aliphatic carbocycles. The Morgan fingerprint density at radius 3 is 2.26 bits per heavy atom. The number of hydrogen-bond donors (Lipinski definition) is 3. The van der Waals surface area contributed by atoms with Gasteiger partial charge in [-0.25, -0.2) is 4.79 Å². The van der Waals surface area contributed by atoms with Gasteiger partial charge in [-0.05, 0) is 41.5 Å². The molecule has 1 fully saturated rings. The van der Waals surface area contributed by atoms with Crippen LogP contribution < -0.4 is 10.6 Å². The van der Waals surface area contributed by atoms with Crippen LogP contribution in [0.3, 0.4) is 0 Å². The molecular weight excluding hydrogens is 436 g/mol. The molecule has 8 heteroatoms. The van der Waals surface area contributed by atoms with Crippen molar-refractivity contribution < 1.29 is 29.0 Å². The van der Waals surface area contributed by atoms with Gasteiger partial charge in [0.05, 0.1) is 19.1 Å². The number of carbonyl (C=O) groups excluding carboxylic acids is 2. The molecule has 0 heterocycles. The molecule has 180 valence electrons. The second-order valence-electron chi connectivity index (χ2n) is 8.73. The van der Waals surface area contributed by atoms with Gasteiger partial charge >= 0.3 is 12.1 Å². The van der Waals surface area contributed by atoms with Gasteiger partial charge in [0, 0.05) is 24.9 Å². The average Bonchev–Trinajstić information content (AvgIpc) is 3.43. The van der Waals surface area contributed by atoms with Crippen molar-refractivity contribution in [1.29, 1.82) is 0 Å². The van der Waals surface area contributed by atoms with Crippen LogP contribution in [0.5, 0.6) is 0 Å². The molecule has 2 atom stereocenters. The summed E-state index contributed by atoms with van der Waals surface area (Å²) in [5, 5.41) is 14.6. The molecule has 2 aliphatic rings. The van der Waals surface area contributed by atoms with Crippen LogP contribution in [0, 0.1) is 5.92 Å². The van der Waals surface area contributed by atoms with Crippen molar-refractivity contribution in [2.75, 3.05) is 26.4 Å². The maximum Gasteiger partial charge on any atom is 0.407 e. The van der Waals surface area contributed by atoms with Crippen molar-refractivity contribution in [2.24, 2.45) is 5.92 Å². The molecule has 0 aliphatic heterocycles. The monoisotopic (exact) mass is 466 g/mol. The highest BCUT2D eigenvalue weighted by atomic mass is 16.5. The second kappa shape index (κ2) is 11.2. The lowest BCUT2D eigenvalue weighted by Crippen LogP contribution is -2.34. The Balaban J connectivity index is 1.10. The average molecular weight is 467 g/mol. The fraction of sp³-hybridized carbons (Fsp3) is 0.423. The molecule has 2 aromatic rings. The molecule has 0 saturated heterocycles. The predicted molar refractivity (Wildman–Crippen MR) is 125 cm³/mol. The summed E-state index contributed by atoms with van der Waals surface area (Å²) >= 11 is 0. The van der Waals surface area contributed by atoms with Crippen LogP contribution in [0.2, 0.25) is 0 Å². The lowest BCUT2D eigenvalue weighted by Gasteiger charge is -2.15. The topological polar surface area (TPSA) is 114 Å². The number of rotatable bonds is 10. The van der Waals surface area contributed by atoms with Gasteiger partial charge in [0.15, 0.2) is 0 Å². The molecule has 0 aromatic heterocycles. The summed E-state index contributed by atoms with van der Waals surface area (Å²) in [4.78, 5) is 35.1. The fourth-order valence-corrected chi connectivity index (χ4v) is 4.78. The minimum absolute atomic E-state index is 0.0126. The third-order valence-electron chi connectivity index (χ3n) is 6.48. The van der Waals surface area contributed by atoms with Crippen LogP contribution in [-0.4, -0.2) is 55.5 Å². The third-order valence-corrected chi connectivity index (χ3v) is 6.48. The maximum absolute atomic E-state index is 12.1. The van der Waals surface area contributed by atoms with Gasteiger partial charge in [-0.15, -0.1) is 0 Å². The van der Waals surface area contributed by atoms with E-state index < -0.39 is 12.1 Å². The standard InChI is InChI=1S/C26H30N2O6/c29-24(28-18-10-9-17(15-18)25(30)31)11-13-33-14-12-27-26(32)34-16-23-21-7-3-1-5-19(21)20-6-2-4-8-22(20)23/h1-8,17-18,23H,9-16H2,(H,27,32)(H,28,29)(H,30,31)/t17-,18+/m1/s1. The second-order valence-corrected chi connectivity index (χ2v) is 8.73. The molecule has 4 rings (SSSR count). The fourth-order valence-electron chi connectivity index (χ4n) is 4.78. The highest BCUT2D eigenvalue weighted by Gasteiger charge is 2.30. The third kappa shape index (κ3) is 5.75. The zero-order chi connectivity index (χ0) is 23.9. The Morgan fingerprint density at radius 1 is 0.941 bits per heavy atom. The molecule has 0 radical (unpaired) electrons. The first-order valence-corrected chi connectivity index (χ1v) is 11.7. The van der Waals surface area contributed by atoms with Crippen molar-refractivity contribution in [3.05, 3.63) is 59.7 Å². The van der Waals surface area contributed by atoms with Gasteiger partial charge in [0.1, 0.15) is 6.61 Å². The number of hydrogen-bond acceptors (Lipinski definition) is 5. The summed E-state index contributed by atoms with van der Waals surface area (Å²) in [7, 11) is 0. The Morgan fingerprint density at radius 2 is 1.62 bits per heavy atom. The van der Waals surface area contributed by atoms with Crippen LogP contribution in [0.25, 0.3) is 11.1 Å². The molecule has 0 spiro atoms. The lowest BCUT2D eigenvalue weighted by molar-refractivity contribution is -0.141. The van der Waals surface area contributed by atoms with Gasteiger partial charge in [0.25, 0.3) is 0 Å². The first-order valence-electron chi connectivity index (χ1n) is 11.7. The number of carbonyl (C=O) groups is 3. The van der Waals surface area contributed by atoms with Crippen molar-refractivity contribution in [2.45, 2.75) is 37.6 Å². The molecule has 0 unspecified atom stereocenters. The highest BCUT2D eigenvalue weighted by molar-refractivity contribution is 5.79. The number of nitrogens with one attached hydrogen (secondary N) is 2. The van der Waals surface area contributed by atoms with Crippen molar-refractivity contribution >= 4 is 18.0 Å². The minimum Gasteiger partial charge on any atom is -0.481 e. The zero-order valence-corrected chi connectivity index (χ0v) is 19.0. The molecule has 3 N–H and O–H groups in total. The van der Waals surface area contributed by atoms with E-state index in [0.717, 1.165) is 11.1 Å². The molecular formula is C26H30N2O6. The number of fused-ring (bicyclic) bond motifs is 3. The summed E-state index contributed by atoms with van der Waals surface area (Å²) < 4.78 is 10.9. The number of alkyl carbamates (subject to hydrolysis) is 1. The number of carboxylic acids is 1. The van der Waals surface area contributed by atoms with Gasteiger partial charge in [0.2, 0.25) is 5.91 Å². The van der Waals surface area contributed by atoms with E-state index in [2.05, 4.69) is 34.9 Å². The minimum atomic E-state index is -0.802. The van der Waals surface area contributed by atoms with E-state index in [0.29, 0.717) is 19.3 Å². The predicted octanol–water partition coefficient (Wildman–Crippen LogP) is 3.30. The first kappa shape index (κ1) is 23.8. The van der Waals surface area contributed by atoms with E-state index in [9.17, 15) is 14.4 Å². The van der Waals surface area contributed by atoms with E-state index in [1.54, 1.807) is 0 Å². The number of benzene rings is 2. The lowest BCUT2D eigenvalue weighted by atomic mass is 9.98. The van der Waals surface area contributed by atoms with E-state index >= 15 is 0 Å². The number of amides is 2. The highest BCUT2D eigenvalue weighted by Crippen LogP contribution is 2.44. The quantitative estimate of drug-likeness (QED) is 0.463. The Bertz CT molecular complexity index is 994. The normalized spacial score (nSPS) is 18.7. The van der Waals surface area contributed by atoms with E-state index in [-0.39, 0.29) is 56.6 Å². The SMILES string of the molecule is O=C(CCOCCNC(=O)OCC1c2ccccc2-c2ccccc21)N[C@H]1CC[C@@H](C(=O)O)C1. The summed E-state index contributed by atoms with van der Waals surface area (Å²) in [6, 6.07) is 16.3. The van der Waals surface area contributed by atoms with Crippen molar-refractivity contribution in [3.63, 3.8) is 0 Å². The van der Waals surface area contributed by atoms with Gasteiger partial charge in [-0.1, -0.05) is 48.5 Å². The van der Waals surface area contributed by atoms with Crippen molar-refractivity contribution in [1.82, 2.24) is 10.6 Å². The molecule has 8 nitrogen and oxygen atoms in total. The van der Waals surface area contributed by atoms with E-state index in [1.165, 1.54) is 11.1 Å². The van der Waals surface area contributed by atoms with E-state index in [1.807, 2.05) is 24.3 Å². The Labute approximate surface area is 198 Å². The summed E-state index contributed by atoms with van der Waals surface area (Å²) in [5.41, 5.74) is 4.68. The Kier molecular flexibility index (Phi) is 7.80. The van der Waals surface area contributed by atoms with E-state index in [4.69, 9.17) is 14.6 Å². The van der Waals surface area contributed by atoms with Crippen LogP contribution in [0.15, 0.2) is 48.5 Å². The maximum atomic E-state index is 12.1. The summed E-state index contributed by atoms with van der Waals surface area (Å²) in [6.45, 7) is 1.03. The number of carboxylic acid groups (broad SMARTS) is 1. The summed E-state index contributed by atoms with van der Waals surface area (Å²) in [6.07, 6.45) is 1.45. The van der Waals surface area contributed by atoms with Crippen LogP contribution in [0.4, 0.5) is 4.79 Å². The van der Waals surface area contributed by atoms with Crippen LogP contribution >= 0.6 is 0 Å². The largest absolute Gasteiger partial charge is 0.481 e. The summed E-state index contributed by atoms with van der Waals surface area (Å²) in [5.74, 6) is -1.31. The molecule has 0 bridgehead atoms. The van der Waals surface area contributed by atoms with Crippen molar-refractivity contribution in [3.8, 4) is 11.1 Å². The van der Waals surface area contributed by atoms with Gasteiger partial charge < -0.3 is 25.2 Å². The molecule has 2 aromatic carbocycles. The smallest absolute Gasteiger partial charge is 0.407 e. The molecule has 2 amide bonds. The Hall–Kier alpha value is -3.39. The first-order chi connectivity index (χ1) is 16.5. The van der Waals surface area contributed by atoms with Gasteiger partial charge in [-0.2, -0.15) is 0 Å². The number of aliphatic carboxylic acids is 1. The van der Waals surface area contributed by atoms with Crippen LogP contribution in [-0.2, 0) is 19.1 Å². The molecule has 1 saturated carbocycles. The van der Waals surface area contributed by atoms with Crippen LogP contribution in [0.1, 0.15) is 42.7 Å².